The maximum atomic E-state index is 11.4. The fourth-order valence-electron chi connectivity index (χ4n) is 0.431. The maximum Gasteiger partial charge on any atom is 0.457 e. The zero-order valence-electron chi connectivity index (χ0n) is 5.76. The van der Waals surface area contributed by atoms with Gasteiger partial charge in [0.1, 0.15) is 0 Å². The van der Waals surface area contributed by atoms with E-state index < -0.39 is 24.9 Å². The van der Waals surface area contributed by atoms with Crippen LogP contribution in [0.1, 0.15) is 0 Å². The second kappa shape index (κ2) is 3.04. The van der Waals surface area contributed by atoms with Crippen molar-refractivity contribution in [3.8, 4) is 0 Å². The molecule has 0 N–H and O–H groups in total. The molecule has 0 rings (SSSR count). The Labute approximate surface area is 70.2 Å². The zero-order chi connectivity index (χ0) is 12.0. The van der Waals surface area contributed by atoms with Crippen molar-refractivity contribution in [2.45, 2.75) is 17.8 Å². The standard InChI is InChI=1S/C3F9OP/c4-1(5,6)14(13,2(7,8)9)3(10,11)12. The summed E-state index contributed by atoms with van der Waals surface area (Å²) in [6.07, 6.45) is 0. The highest BCUT2D eigenvalue weighted by molar-refractivity contribution is 7.66. The molecule has 0 aromatic rings. The molecule has 86 valence electrons. The minimum Gasteiger partial charge on any atom is -0.294 e. The summed E-state index contributed by atoms with van der Waals surface area (Å²) in [6, 6.07) is 0. The SMILES string of the molecule is O=P(C(F)(F)F)(C(F)(F)F)C(F)(F)F. The van der Waals surface area contributed by atoms with E-state index in [0.717, 1.165) is 0 Å². The van der Waals surface area contributed by atoms with Gasteiger partial charge in [0.25, 0.3) is 0 Å². The average Bonchev–Trinajstić information content (AvgIpc) is 1.77. The van der Waals surface area contributed by atoms with Gasteiger partial charge in [-0.25, -0.2) is 0 Å². The molecule has 1 nitrogen and oxygen atoms in total. The summed E-state index contributed by atoms with van der Waals surface area (Å²) in [7, 11) is -8.27. The summed E-state index contributed by atoms with van der Waals surface area (Å²) in [5.74, 6) is -20.6. The van der Waals surface area contributed by atoms with Gasteiger partial charge < -0.3 is 0 Å². The third-order valence-corrected chi connectivity index (χ3v) is 3.21. The van der Waals surface area contributed by atoms with E-state index >= 15 is 0 Å². The van der Waals surface area contributed by atoms with E-state index in [1.807, 2.05) is 0 Å². The summed E-state index contributed by atoms with van der Waals surface area (Å²) in [4.78, 5) is 0. The van der Waals surface area contributed by atoms with E-state index in [1.54, 1.807) is 0 Å². The van der Waals surface area contributed by atoms with Crippen molar-refractivity contribution in [3.05, 3.63) is 0 Å². The molecule has 0 fully saturated rings. The average molecular weight is 254 g/mol. The van der Waals surface area contributed by atoms with Crippen molar-refractivity contribution in [2.75, 3.05) is 0 Å². The zero-order valence-corrected chi connectivity index (χ0v) is 6.65. The lowest BCUT2D eigenvalue weighted by molar-refractivity contribution is -0.136. The van der Waals surface area contributed by atoms with Crippen LogP contribution >= 0.6 is 7.14 Å². The molecule has 11 heteroatoms. The molecule has 0 aliphatic rings. The van der Waals surface area contributed by atoms with Gasteiger partial charge in [0.15, 0.2) is 0 Å². The van der Waals surface area contributed by atoms with Gasteiger partial charge in [-0.05, 0) is 0 Å². The van der Waals surface area contributed by atoms with Crippen LogP contribution in [0.15, 0.2) is 0 Å². The quantitative estimate of drug-likeness (QED) is 0.473. The Morgan fingerprint density at radius 1 is 0.571 bits per heavy atom. The Morgan fingerprint density at radius 2 is 0.714 bits per heavy atom. The minimum absolute atomic E-state index is 6.87. The van der Waals surface area contributed by atoms with Crippen LogP contribution in [0.25, 0.3) is 0 Å². The second-order valence-corrected chi connectivity index (χ2v) is 4.75. The van der Waals surface area contributed by atoms with E-state index in [0.29, 0.717) is 0 Å². The maximum absolute atomic E-state index is 11.4. The molecule has 0 heterocycles. The highest BCUT2D eigenvalue weighted by atomic mass is 31.2. The van der Waals surface area contributed by atoms with Crippen molar-refractivity contribution in [2.24, 2.45) is 0 Å². The molecule has 0 spiro atoms. The highest BCUT2D eigenvalue weighted by Gasteiger charge is 2.81. The van der Waals surface area contributed by atoms with Crippen molar-refractivity contribution < 1.29 is 44.1 Å². The summed E-state index contributed by atoms with van der Waals surface area (Å²) in [5, 5.41) is 0. The fraction of sp³-hybridized carbons (Fsp3) is 1.00. The first-order valence-electron chi connectivity index (χ1n) is 2.55. The van der Waals surface area contributed by atoms with Crippen LogP contribution in [0.5, 0.6) is 0 Å². The van der Waals surface area contributed by atoms with Crippen LogP contribution in [-0.4, -0.2) is 17.8 Å². The lowest BCUT2D eigenvalue weighted by atomic mass is 11.5. The second-order valence-electron chi connectivity index (χ2n) is 2.01. The summed E-state index contributed by atoms with van der Waals surface area (Å²) in [6.45, 7) is 0. The van der Waals surface area contributed by atoms with E-state index in [1.165, 1.54) is 0 Å². The topological polar surface area (TPSA) is 17.1 Å². The molecule has 0 aliphatic heterocycles. The summed E-state index contributed by atoms with van der Waals surface area (Å²) in [5.41, 5.74) is 0. The molecule has 0 aromatic carbocycles. The van der Waals surface area contributed by atoms with Crippen LogP contribution in [0.4, 0.5) is 39.5 Å². The Balaban J connectivity index is 5.69. The molecule has 0 amide bonds. The lowest BCUT2D eigenvalue weighted by Gasteiger charge is -2.24. The molecule has 0 radical (unpaired) electrons. The molecule has 14 heavy (non-hydrogen) atoms. The van der Waals surface area contributed by atoms with Gasteiger partial charge in [-0.1, -0.05) is 0 Å². The van der Waals surface area contributed by atoms with Gasteiger partial charge in [0.2, 0.25) is 0 Å². The van der Waals surface area contributed by atoms with Crippen molar-refractivity contribution in [1.29, 1.82) is 0 Å². The third kappa shape index (κ3) is 1.84. The molecule has 0 saturated heterocycles. The van der Waals surface area contributed by atoms with Crippen molar-refractivity contribution in [3.63, 3.8) is 0 Å². The third-order valence-electron chi connectivity index (χ3n) is 1.07. The molecule has 0 saturated carbocycles. The van der Waals surface area contributed by atoms with Crippen molar-refractivity contribution in [1.82, 2.24) is 0 Å². The predicted molar refractivity (Wildman–Crippen MR) is 25.8 cm³/mol. The number of rotatable bonds is 0. The van der Waals surface area contributed by atoms with Gasteiger partial charge in [-0.2, -0.15) is 39.5 Å². The Bertz CT molecular complexity index is 212. The number of hydrogen-bond acceptors (Lipinski definition) is 1. The molecule has 0 atom stereocenters. The fourth-order valence-corrected chi connectivity index (χ4v) is 1.29. The monoisotopic (exact) mass is 254 g/mol. The first-order chi connectivity index (χ1) is 5.75. The number of alkyl halides is 9. The van der Waals surface area contributed by atoms with Gasteiger partial charge in [-0.3, -0.25) is 4.57 Å². The number of hydrogen-bond donors (Lipinski definition) is 0. The van der Waals surface area contributed by atoms with E-state index in [9.17, 15) is 44.1 Å². The smallest absolute Gasteiger partial charge is 0.294 e. The first kappa shape index (κ1) is 13.6. The predicted octanol–water partition coefficient (Wildman–Crippen LogP) is 3.91. The Kier molecular flexibility index (Phi) is 2.96. The molecule has 0 unspecified atom stereocenters. The van der Waals surface area contributed by atoms with Gasteiger partial charge in [0.05, 0.1) is 0 Å². The first-order valence-corrected chi connectivity index (χ1v) is 4.26. The lowest BCUT2D eigenvalue weighted by Crippen LogP contribution is -2.32. The minimum atomic E-state index is -8.27. The van der Waals surface area contributed by atoms with E-state index in [4.69, 9.17) is 0 Å². The summed E-state index contributed by atoms with van der Waals surface area (Å²) >= 11 is 0. The van der Waals surface area contributed by atoms with Crippen LogP contribution < -0.4 is 0 Å². The molecule has 0 bridgehead atoms. The molecular weight excluding hydrogens is 254 g/mol. The van der Waals surface area contributed by atoms with Gasteiger partial charge in [0, 0.05) is 0 Å². The van der Waals surface area contributed by atoms with Crippen molar-refractivity contribution >= 4 is 7.14 Å². The Hall–Kier alpha value is -0.400. The molecule has 0 aliphatic carbocycles. The van der Waals surface area contributed by atoms with Gasteiger partial charge in [-0.15, -0.1) is 0 Å². The largest absolute Gasteiger partial charge is 0.457 e. The highest BCUT2D eigenvalue weighted by Crippen LogP contribution is 2.79. The van der Waals surface area contributed by atoms with Crippen LogP contribution in [-0.2, 0) is 4.57 Å². The number of halogens is 9. The van der Waals surface area contributed by atoms with Gasteiger partial charge >= 0.3 is 24.9 Å². The Morgan fingerprint density at radius 3 is 0.714 bits per heavy atom. The summed E-state index contributed by atoms with van der Waals surface area (Å²) < 4.78 is 112. The normalized spacial score (nSPS) is 15.8. The van der Waals surface area contributed by atoms with Crippen LogP contribution in [0, 0.1) is 0 Å². The molecule has 0 aromatic heterocycles. The van der Waals surface area contributed by atoms with E-state index in [-0.39, 0.29) is 0 Å². The van der Waals surface area contributed by atoms with Crippen LogP contribution in [0.2, 0.25) is 0 Å². The van der Waals surface area contributed by atoms with E-state index in [2.05, 4.69) is 0 Å². The molecular formula is C3F9OP. The van der Waals surface area contributed by atoms with Crippen LogP contribution in [0.3, 0.4) is 0 Å².